The van der Waals surface area contributed by atoms with E-state index in [-0.39, 0.29) is 17.8 Å². The van der Waals surface area contributed by atoms with Gasteiger partial charge in [-0.05, 0) is 11.6 Å². The van der Waals surface area contributed by atoms with Gasteiger partial charge in [-0.15, -0.1) is 0 Å². The smallest absolute Gasteiger partial charge is 0.336 e. The van der Waals surface area contributed by atoms with Gasteiger partial charge in [-0.25, -0.2) is 4.79 Å². The van der Waals surface area contributed by atoms with E-state index in [1.165, 1.54) is 0 Å². The molecule has 0 saturated carbocycles. The topological polar surface area (TPSA) is 84.6 Å². The molecular formula is C11H14N2O3. The highest BCUT2D eigenvalue weighted by Gasteiger charge is 2.23. The lowest BCUT2D eigenvalue weighted by molar-refractivity contribution is 0.00353. The molecule has 0 aromatic heterocycles. The third-order valence-corrected chi connectivity index (χ3v) is 2.58. The van der Waals surface area contributed by atoms with Crippen molar-refractivity contribution in [2.45, 2.75) is 12.3 Å². The van der Waals surface area contributed by atoms with Gasteiger partial charge in [-0.2, -0.15) is 0 Å². The van der Waals surface area contributed by atoms with Gasteiger partial charge in [-0.1, -0.05) is 18.2 Å². The standard InChI is InChI=1S/C11H14N2O3/c12-10-6-16-9(5-13-10)7-3-1-2-4-8(7)11(14)15/h1-4,9-10,13H,5-6,12H2,(H,14,15). The Bertz CT molecular complexity index is 387. The fourth-order valence-electron chi connectivity index (χ4n) is 1.77. The molecule has 0 spiro atoms. The molecule has 0 bridgehead atoms. The SMILES string of the molecule is NC1COC(c2ccccc2C(=O)O)CN1. The van der Waals surface area contributed by atoms with Crippen molar-refractivity contribution in [3.8, 4) is 0 Å². The Morgan fingerprint density at radius 1 is 1.50 bits per heavy atom. The number of benzene rings is 1. The monoisotopic (exact) mass is 222 g/mol. The summed E-state index contributed by atoms with van der Waals surface area (Å²) in [6, 6.07) is 6.86. The molecule has 2 rings (SSSR count). The first-order valence-corrected chi connectivity index (χ1v) is 5.11. The van der Waals surface area contributed by atoms with Crippen LogP contribution in [0.1, 0.15) is 22.0 Å². The van der Waals surface area contributed by atoms with Gasteiger partial charge in [0.25, 0.3) is 0 Å². The second-order valence-electron chi connectivity index (χ2n) is 3.73. The van der Waals surface area contributed by atoms with Crippen molar-refractivity contribution in [3.63, 3.8) is 0 Å². The van der Waals surface area contributed by atoms with Crippen LogP contribution in [0.15, 0.2) is 24.3 Å². The highest BCUT2D eigenvalue weighted by Crippen LogP contribution is 2.23. The van der Waals surface area contributed by atoms with Crippen molar-refractivity contribution >= 4 is 5.97 Å². The van der Waals surface area contributed by atoms with Crippen LogP contribution in [-0.4, -0.2) is 30.4 Å². The van der Waals surface area contributed by atoms with Crippen LogP contribution in [0.3, 0.4) is 0 Å². The maximum Gasteiger partial charge on any atom is 0.336 e. The summed E-state index contributed by atoms with van der Waals surface area (Å²) in [7, 11) is 0. The maximum absolute atomic E-state index is 11.0. The Morgan fingerprint density at radius 3 is 2.88 bits per heavy atom. The molecular weight excluding hydrogens is 208 g/mol. The van der Waals surface area contributed by atoms with E-state index in [1.807, 2.05) is 0 Å². The summed E-state index contributed by atoms with van der Waals surface area (Å²) in [4.78, 5) is 11.0. The zero-order valence-corrected chi connectivity index (χ0v) is 8.72. The fourth-order valence-corrected chi connectivity index (χ4v) is 1.77. The van der Waals surface area contributed by atoms with E-state index >= 15 is 0 Å². The third-order valence-electron chi connectivity index (χ3n) is 2.58. The summed E-state index contributed by atoms with van der Waals surface area (Å²) in [5.74, 6) is -0.936. The Morgan fingerprint density at radius 2 is 2.25 bits per heavy atom. The van der Waals surface area contributed by atoms with Crippen LogP contribution in [0.25, 0.3) is 0 Å². The molecule has 4 N–H and O–H groups in total. The lowest BCUT2D eigenvalue weighted by atomic mass is 10.0. The van der Waals surface area contributed by atoms with E-state index in [2.05, 4.69) is 5.32 Å². The van der Waals surface area contributed by atoms with Gasteiger partial charge in [-0.3, -0.25) is 5.32 Å². The van der Waals surface area contributed by atoms with Crippen LogP contribution in [0, 0.1) is 0 Å². The van der Waals surface area contributed by atoms with E-state index in [1.54, 1.807) is 24.3 Å². The van der Waals surface area contributed by atoms with Gasteiger partial charge < -0.3 is 15.6 Å². The molecule has 1 fully saturated rings. The molecule has 86 valence electrons. The molecule has 1 aromatic carbocycles. The largest absolute Gasteiger partial charge is 0.478 e. The lowest BCUT2D eigenvalue weighted by Gasteiger charge is -2.29. The van der Waals surface area contributed by atoms with Crippen molar-refractivity contribution in [2.24, 2.45) is 5.73 Å². The number of carboxylic acid groups (broad SMARTS) is 1. The number of nitrogens with one attached hydrogen (secondary N) is 1. The predicted molar refractivity (Wildman–Crippen MR) is 58.1 cm³/mol. The van der Waals surface area contributed by atoms with Gasteiger partial charge in [0.2, 0.25) is 0 Å². The first kappa shape index (κ1) is 11.1. The van der Waals surface area contributed by atoms with Crippen LogP contribution in [0.2, 0.25) is 0 Å². The Hall–Kier alpha value is -1.43. The second-order valence-corrected chi connectivity index (χ2v) is 3.73. The first-order chi connectivity index (χ1) is 7.68. The van der Waals surface area contributed by atoms with E-state index < -0.39 is 5.97 Å². The zero-order valence-electron chi connectivity index (χ0n) is 8.72. The summed E-state index contributed by atoms with van der Waals surface area (Å²) < 4.78 is 5.52. The molecule has 1 aromatic rings. The maximum atomic E-state index is 11.0. The van der Waals surface area contributed by atoms with Crippen molar-refractivity contribution in [2.75, 3.05) is 13.2 Å². The molecule has 0 amide bonds. The van der Waals surface area contributed by atoms with Crippen LogP contribution in [0.4, 0.5) is 0 Å². The summed E-state index contributed by atoms with van der Waals surface area (Å²) in [6.45, 7) is 0.921. The summed E-state index contributed by atoms with van der Waals surface area (Å²) >= 11 is 0. The van der Waals surface area contributed by atoms with E-state index in [0.717, 1.165) is 0 Å². The van der Waals surface area contributed by atoms with Crippen molar-refractivity contribution < 1.29 is 14.6 Å². The molecule has 5 nitrogen and oxygen atoms in total. The van der Waals surface area contributed by atoms with E-state index in [0.29, 0.717) is 18.7 Å². The number of nitrogens with two attached hydrogens (primary N) is 1. The van der Waals surface area contributed by atoms with Crippen LogP contribution in [-0.2, 0) is 4.74 Å². The van der Waals surface area contributed by atoms with Crippen LogP contribution in [0.5, 0.6) is 0 Å². The molecule has 1 saturated heterocycles. The fraction of sp³-hybridized carbons (Fsp3) is 0.364. The molecule has 2 atom stereocenters. The highest BCUT2D eigenvalue weighted by molar-refractivity contribution is 5.89. The number of rotatable bonds is 2. The molecule has 1 aliphatic heterocycles. The molecule has 0 radical (unpaired) electrons. The average molecular weight is 222 g/mol. The number of aromatic carboxylic acids is 1. The number of hydrogen-bond acceptors (Lipinski definition) is 4. The first-order valence-electron chi connectivity index (χ1n) is 5.11. The normalized spacial score (nSPS) is 25.3. The Labute approximate surface area is 93.2 Å². The predicted octanol–water partition coefficient (Wildman–Crippen LogP) is 0.331. The highest BCUT2D eigenvalue weighted by atomic mass is 16.5. The Kier molecular flexibility index (Phi) is 3.19. The minimum atomic E-state index is -0.936. The van der Waals surface area contributed by atoms with Crippen molar-refractivity contribution in [3.05, 3.63) is 35.4 Å². The van der Waals surface area contributed by atoms with E-state index in [9.17, 15) is 4.79 Å². The quantitative estimate of drug-likeness (QED) is 0.671. The summed E-state index contributed by atoms with van der Waals surface area (Å²) in [5, 5.41) is 12.1. The molecule has 0 aliphatic carbocycles. The molecule has 1 aliphatic rings. The van der Waals surface area contributed by atoms with Crippen LogP contribution >= 0.6 is 0 Å². The second kappa shape index (κ2) is 4.61. The number of carboxylic acids is 1. The number of hydrogen-bond donors (Lipinski definition) is 3. The van der Waals surface area contributed by atoms with Gasteiger partial charge in [0.15, 0.2) is 0 Å². The number of carbonyl (C=O) groups is 1. The zero-order chi connectivity index (χ0) is 11.5. The van der Waals surface area contributed by atoms with Crippen molar-refractivity contribution in [1.82, 2.24) is 5.32 Å². The average Bonchev–Trinajstić information content (AvgIpc) is 2.30. The number of morpholine rings is 1. The van der Waals surface area contributed by atoms with Gasteiger partial charge in [0, 0.05) is 6.54 Å². The minimum absolute atomic E-state index is 0.173. The summed E-state index contributed by atoms with van der Waals surface area (Å²) in [6.07, 6.45) is -0.416. The minimum Gasteiger partial charge on any atom is -0.478 e. The number of ether oxygens (including phenoxy) is 1. The van der Waals surface area contributed by atoms with Crippen molar-refractivity contribution in [1.29, 1.82) is 0 Å². The molecule has 2 unspecified atom stereocenters. The van der Waals surface area contributed by atoms with Gasteiger partial charge in [0.05, 0.1) is 24.4 Å². The molecule has 5 heteroatoms. The van der Waals surface area contributed by atoms with E-state index in [4.69, 9.17) is 15.6 Å². The van der Waals surface area contributed by atoms with Crippen LogP contribution < -0.4 is 11.1 Å². The Balaban J connectivity index is 2.23. The molecule has 16 heavy (non-hydrogen) atoms. The molecule has 1 heterocycles. The van der Waals surface area contributed by atoms with Gasteiger partial charge in [0.1, 0.15) is 0 Å². The lowest BCUT2D eigenvalue weighted by Crippen LogP contribution is -2.48. The summed E-state index contributed by atoms with van der Waals surface area (Å²) in [5.41, 5.74) is 6.59. The van der Waals surface area contributed by atoms with Gasteiger partial charge >= 0.3 is 5.97 Å². The third kappa shape index (κ3) is 2.21.